The van der Waals surface area contributed by atoms with E-state index in [2.05, 4.69) is 10.6 Å². The van der Waals surface area contributed by atoms with Crippen LogP contribution in [0.4, 0.5) is 16.2 Å². The van der Waals surface area contributed by atoms with Crippen molar-refractivity contribution >= 4 is 40.8 Å². The summed E-state index contributed by atoms with van der Waals surface area (Å²) in [4.78, 5) is 66.6. The first-order valence-corrected chi connectivity index (χ1v) is 12.9. The fraction of sp³-hybridized carbons (Fsp3) is 0.444. The van der Waals surface area contributed by atoms with E-state index in [9.17, 15) is 44.4 Å². The molecule has 0 aliphatic heterocycles. The second-order valence-electron chi connectivity index (χ2n) is 10.9. The number of phenols is 1. The Kier molecular flexibility index (Phi) is 7.35. The minimum atomic E-state index is -2.76. The molecule has 8 N–H and O–H groups in total. The zero-order valence-electron chi connectivity index (χ0n) is 23.2. The number of nitrogens with one attached hydrogen (secondary N) is 2. The lowest BCUT2D eigenvalue weighted by atomic mass is 9.58. The van der Waals surface area contributed by atoms with Gasteiger partial charge < -0.3 is 36.4 Å². The van der Waals surface area contributed by atoms with Crippen LogP contribution in [0.2, 0.25) is 0 Å². The number of primary amides is 1. The van der Waals surface area contributed by atoms with Gasteiger partial charge in [-0.3, -0.25) is 29.4 Å². The second kappa shape index (κ2) is 10.2. The number of hydrogen-bond acceptors (Lipinski definition) is 11. The number of ketones is 2. The van der Waals surface area contributed by atoms with E-state index in [1.165, 1.54) is 11.0 Å². The number of likely N-dealkylation sites (N-methyl/N-ethyl adjacent to an activating group) is 1. The first kappa shape index (κ1) is 29.6. The maximum Gasteiger partial charge on any atom is 0.325 e. The lowest BCUT2D eigenvalue weighted by molar-refractivity contribution is -0.148. The molecule has 4 atom stereocenters. The van der Waals surface area contributed by atoms with Crippen LogP contribution in [-0.2, 0) is 20.8 Å². The van der Waals surface area contributed by atoms with E-state index in [4.69, 9.17) is 5.73 Å². The Labute approximate surface area is 235 Å². The van der Waals surface area contributed by atoms with Crippen molar-refractivity contribution in [1.29, 1.82) is 0 Å². The topological polar surface area (TPSA) is 223 Å². The summed E-state index contributed by atoms with van der Waals surface area (Å²) in [5.41, 5.74) is 1.74. The molecule has 1 aromatic carbocycles. The van der Waals surface area contributed by atoms with Crippen LogP contribution in [0.25, 0.3) is 0 Å². The number of benzene rings is 1. The van der Waals surface area contributed by atoms with Gasteiger partial charge in [0.15, 0.2) is 17.1 Å². The smallest absolute Gasteiger partial charge is 0.325 e. The quantitative estimate of drug-likeness (QED) is 0.187. The number of Topliss-reactive ketones (excluding diaryl/α,β-unsaturated/α-hetero) is 2. The summed E-state index contributed by atoms with van der Waals surface area (Å²) in [7, 11) is 6.46. The second-order valence-corrected chi connectivity index (χ2v) is 10.9. The highest BCUT2D eigenvalue weighted by atomic mass is 16.3. The number of nitrogens with two attached hydrogens (primary N) is 1. The molecule has 14 nitrogen and oxygen atoms in total. The van der Waals surface area contributed by atoms with Crippen LogP contribution in [0.1, 0.15) is 35.7 Å². The van der Waals surface area contributed by atoms with E-state index in [-0.39, 0.29) is 36.1 Å². The Balaban J connectivity index is 1.91. The predicted molar refractivity (Wildman–Crippen MR) is 145 cm³/mol. The van der Waals surface area contributed by atoms with Crippen LogP contribution in [0.15, 0.2) is 28.7 Å². The molecule has 14 heteroatoms. The number of aromatic hydroxyl groups is 1. The number of anilines is 2. The van der Waals surface area contributed by atoms with Crippen LogP contribution in [0, 0.1) is 11.8 Å². The van der Waals surface area contributed by atoms with E-state index in [0.29, 0.717) is 11.3 Å². The summed E-state index contributed by atoms with van der Waals surface area (Å²) >= 11 is 0. The van der Waals surface area contributed by atoms with E-state index in [1.54, 1.807) is 40.0 Å². The zero-order chi connectivity index (χ0) is 30.7. The van der Waals surface area contributed by atoms with Crippen molar-refractivity contribution in [3.05, 3.63) is 39.9 Å². The number of carbonyl (C=O) groups excluding carboxylic acids is 5. The molecular formula is C27H33N5O9. The van der Waals surface area contributed by atoms with Gasteiger partial charge >= 0.3 is 6.03 Å². The first-order valence-electron chi connectivity index (χ1n) is 12.9. The third-order valence-electron chi connectivity index (χ3n) is 8.00. The number of rotatable bonds is 5. The lowest BCUT2D eigenvalue weighted by Gasteiger charge is -2.50. The molecule has 0 heterocycles. The number of hydrogen-bond donors (Lipinski definition) is 7. The highest BCUT2D eigenvalue weighted by Gasteiger charge is 2.63. The molecule has 0 aromatic heterocycles. The van der Waals surface area contributed by atoms with Crippen molar-refractivity contribution in [2.75, 3.05) is 38.4 Å². The van der Waals surface area contributed by atoms with Crippen molar-refractivity contribution in [2.24, 2.45) is 17.6 Å². The Bertz CT molecular complexity index is 1460. The maximum absolute atomic E-state index is 14.0. The Morgan fingerprint density at radius 1 is 1.12 bits per heavy atom. The summed E-state index contributed by atoms with van der Waals surface area (Å²) in [5, 5.41) is 49.6. The number of nitrogens with zero attached hydrogens (tertiary/aromatic N) is 2. The van der Waals surface area contributed by atoms with Gasteiger partial charge in [-0.05, 0) is 44.5 Å². The Hall–Kier alpha value is -4.43. The molecule has 1 aromatic rings. The van der Waals surface area contributed by atoms with Crippen molar-refractivity contribution in [3.8, 4) is 5.75 Å². The molecule has 0 radical (unpaired) electrons. The Morgan fingerprint density at radius 3 is 2.29 bits per heavy atom. The molecule has 4 rings (SSSR count). The number of carbonyl (C=O) groups is 5. The number of imide groups is 1. The van der Waals surface area contributed by atoms with Gasteiger partial charge in [-0.1, -0.05) is 6.92 Å². The number of fused-ring (bicyclic) bond motifs is 3. The molecule has 41 heavy (non-hydrogen) atoms. The monoisotopic (exact) mass is 571 g/mol. The first-order chi connectivity index (χ1) is 19.1. The maximum atomic E-state index is 14.0. The van der Waals surface area contributed by atoms with Crippen LogP contribution in [-0.4, -0.2) is 94.6 Å². The lowest BCUT2D eigenvalue weighted by Crippen LogP contribution is -2.63. The fourth-order valence-corrected chi connectivity index (χ4v) is 6.16. The van der Waals surface area contributed by atoms with Crippen molar-refractivity contribution in [3.63, 3.8) is 0 Å². The van der Waals surface area contributed by atoms with Gasteiger partial charge in [0.05, 0.1) is 17.3 Å². The average molecular weight is 572 g/mol. The normalized spacial score (nSPS) is 25.4. The summed E-state index contributed by atoms with van der Waals surface area (Å²) in [6.45, 7) is 1.54. The third kappa shape index (κ3) is 4.39. The van der Waals surface area contributed by atoms with Crippen molar-refractivity contribution in [2.45, 2.75) is 37.8 Å². The van der Waals surface area contributed by atoms with E-state index >= 15 is 0 Å². The summed E-state index contributed by atoms with van der Waals surface area (Å²) < 4.78 is 0. The number of allylic oxidation sites excluding steroid dienone is 1. The summed E-state index contributed by atoms with van der Waals surface area (Å²) in [6.07, 6.45) is 0.0545. The van der Waals surface area contributed by atoms with Gasteiger partial charge in [-0.25, -0.2) is 4.79 Å². The van der Waals surface area contributed by atoms with Crippen LogP contribution >= 0.6 is 0 Å². The minimum Gasteiger partial charge on any atom is -0.510 e. The molecule has 0 saturated carbocycles. The van der Waals surface area contributed by atoms with Gasteiger partial charge in [-0.2, -0.15) is 0 Å². The van der Waals surface area contributed by atoms with Gasteiger partial charge in [0.25, 0.3) is 5.91 Å². The van der Waals surface area contributed by atoms with Crippen LogP contribution in [0.3, 0.4) is 0 Å². The van der Waals surface area contributed by atoms with Gasteiger partial charge in [0.2, 0.25) is 11.7 Å². The molecular weight excluding hydrogens is 538 g/mol. The largest absolute Gasteiger partial charge is 0.510 e. The number of aliphatic hydroxyl groups is 3. The van der Waals surface area contributed by atoms with Crippen molar-refractivity contribution < 1.29 is 44.4 Å². The predicted octanol–water partition coefficient (Wildman–Crippen LogP) is 0.245. The van der Waals surface area contributed by atoms with Crippen LogP contribution in [0.5, 0.6) is 5.75 Å². The molecule has 0 bridgehead atoms. The highest BCUT2D eigenvalue weighted by molar-refractivity contribution is 6.25. The SMILES string of the molecule is CCC(=O)NC(=O)Nc1cc(N(C)C)c2c(c1O)C(=O)C1=C(O)C3(O)C(=O)C(C(N)=O)=C(O)C(N(C)C)C3CC1C2. The fourth-order valence-electron chi connectivity index (χ4n) is 6.16. The van der Waals surface area contributed by atoms with E-state index in [0.717, 1.165) is 0 Å². The number of urea groups is 1. The molecule has 4 amide bonds. The standard InChI is InChI=1S/C27H33N5O9/c1-6-15(33)30-26(40)29-13-9-14(31(2)3)11-7-10-8-12-19(32(4)5)22(36)18(25(28)39)24(38)27(12,41)23(37)16(10)21(35)17(11)20(13)34/h9-10,12,19,34,36-37,41H,6-8H2,1-5H3,(H2,28,39)(H2,29,30,33,40). The molecule has 3 aliphatic carbocycles. The van der Waals surface area contributed by atoms with E-state index in [1.807, 2.05) is 0 Å². The van der Waals surface area contributed by atoms with Crippen LogP contribution < -0.4 is 21.3 Å². The number of amides is 4. The summed E-state index contributed by atoms with van der Waals surface area (Å²) in [5.74, 6) is -8.29. The molecule has 3 aliphatic rings. The average Bonchev–Trinajstić information content (AvgIpc) is 2.87. The van der Waals surface area contributed by atoms with Gasteiger partial charge in [-0.15, -0.1) is 0 Å². The molecule has 0 fully saturated rings. The molecule has 0 spiro atoms. The number of phenolic OH excluding ortho intramolecular Hbond substituents is 1. The molecule has 4 unspecified atom stereocenters. The van der Waals surface area contributed by atoms with E-state index < -0.39 is 75.7 Å². The van der Waals surface area contributed by atoms with Gasteiger partial charge in [0.1, 0.15) is 17.1 Å². The Morgan fingerprint density at radius 2 is 1.76 bits per heavy atom. The third-order valence-corrected chi connectivity index (χ3v) is 8.00. The highest BCUT2D eigenvalue weighted by Crippen LogP contribution is 2.53. The summed E-state index contributed by atoms with van der Waals surface area (Å²) in [6, 6.07) is -0.605. The number of aliphatic hydroxyl groups excluding tert-OH is 2. The van der Waals surface area contributed by atoms with Crippen molar-refractivity contribution in [1.82, 2.24) is 10.2 Å². The zero-order valence-corrected chi connectivity index (χ0v) is 23.2. The minimum absolute atomic E-state index is 0.0293. The molecule has 220 valence electrons. The molecule has 0 saturated heterocycles. The van der Waals surface area contributed by atoms with Gasteiger partial charge in [0, 0.05) is 37.7 Å².